The monoisotopic (exact) mass is 286 g/mol. The first-order valence-electron chi connectivity index (χ1n) is 7.04. The van der Waals surface area contributed by atoms with Crippen molar-refractivity contribution in [2.75, 3.05) is 20.6 Å². The molecule has 5 heteroatoms. The van der Waals surface area contributed by atoms with E-state index in [0.29, 0.717) is 6.54 Å². The Bertz CT molecular complexity index is 578. The third-order valence-electron chi connectivity index (χ3n) is 3.35. The summed E-state index contributed by atoms with van der Waals surface area (Å²) >= 11 is 0. The fraction of sp³-hybridized carbons (Fsp3) is 0.375. The zero-order valence-corrected chi connectivity index (χ0v) is 12.8. The molecular weight excluding hydrogens is 264 g/mol. The minimum Gasteiger partial charge on any atom is -0.353 e. The first-order valence-corrected chi connectivity index (χ1v) is 7.04. The molecule has 0 aliphatic heterocycles. The van der Waals surface area contributed by atoms with Crippen LogP contribution in [0.25, 0.3) is 0 Å². The number of nitrogens with zero attached hydrogens (tertiary/aromatic N) is 3. The molecule has 0 aliphatic rings. The number of likely N-dealkylation sites (N-methyl/N-ethyl adjacent to an activating group) is 1. The Balaban J connectivity index is 1.99. The van der Waals surface area contributed by atoms with E-state index in [1.807, 2.05) is 54.9 Å². The molecule has 2 aromatic rings. The molecule has 1 amide bonds. The Morgan fingerprint density at radius 2 is 2.24 bits per heavy atom. The van der Waals surface area contributed by atoms with Crippen LogP contribution in [0.5, 0.6) is 0 Å². The largest absolute Gasteiger partial charge is 0.353 e. The quantitative estimate of drug-likeness (QED) is 0.878. The zero-order chi connectivity index (χ0) is 15.2. The summed E-state index contributed by atoms with van der Waals surface area (Å²) in [6, 6.07) is 7.80. The van der Waals surface area contributed by atoms with Gasteiger partial charge in [0.1, 0.15) is 6.04 Å². The standard InChI is InChI=1S/C16H22N4O/c1-13-5-4-6-14(11-13)15(19(2)3)16(21)18-8-10-20-9-7-17-12-20/h4-7,9,11-12,15H,8,10H2,1-3H3,(H,18,21)/t15-/m1/s1. The van der Waals surface area contributed by atoms with E-state index >= 15 is 0 Å². The van der Waals surface area contributed by atoms with Gasteiger partial charge in [-0.25, -0.2) is 4.98 Å². The van der Waals surface area contributed by atoms with Gasteiger partial charge in [0.25, 0.3) is 0 Å². The topological polar surface area (TPSA) is 50.2 Å². The van der Waals surface area contributed by atoms with Gasteiger partial charge >= 0.3 is 0 Å². The number of carbonyl (C=O) groups is 1. The lowest BCUT2D eigenvalue weighted by Crippen LogP contribution is -2.38. The van der Waals surface area contributed by atoms with Crippen LogP contribution in [-0.2, 0) is 11.3 Å². The Kier molecular flexibility index (Phi) is 5.11. The van der Waals surface area contributed by atoms with Gasteiger partial charge in [0, 0.05) is 25.5 Å². The van der Waals surface area contributed by atoms with Crippen LogP contribution >= 0.6 is 0 Å². The summed E-state index contributed by atoms with van der Waals surface area (Å²) in [7, 11) is 3.84. The maximum atomic E-state index is 12.4. The number of aryl methyl sites for hydroxylation is 1. The first-order chi connectivity index (χ1) is 10.1. The van der Waals surface area contributed by atoms with E-state index in [1.54, 1.807) is 12.5 Å². The molecule has 1 atom stereocenters. The summed E-state index contributed by atoms with van der Waals surface area (Å²) in [5.74, 6) is 0.0192. The summed E-state index contributed by atoms with van der Waals surface area (Å²) < 4.78 is 1.94. The fourth-order valence-electron chi connectivity index (χ4n) is 2.35. The molecular formula is C16H22N4O. The number of hydrogen-bond acceptors (Lipinski definition) is 3. The van der Waals surface area contributed by atoms with Gasteiger partial charge < -0.3 is 9.88 Å². The van der Waals surface area contributed by atoms with E-state index in [1.165, 1.54) is 0 Å². The van der Waals surface area contributed by atoms with E-state index in [2.05, 4.69) is 16.4 Å². The third kappa shape index (κ3) is 4.16. The lowest BCUT2D eigenvalue weighted by Gasteiger charge is -2.24. The van der Waals surface area contributed by atoms with Crippen LogP contribution in [0, 0.1) is 6.92 Å². The molecule has 0 saturated carbocycles. The van der Waals surface area contributed by atoms with Crippen LogP contribution in [0.1, 0.15) is 17.2 Å². The normalized spacial score (nSPS) is 12.4. The Morgan fingerprint density at radius 3 is 2.86 bits per heavy atom. The van der Waals surface area contributed by atoms with Crippen LogP contribution < -0.4 is 5.32 Å². The van der Waals surface area contributed by atoms with Gasteiger partial charge in [-0.05, 0) is 26.6 Å². The second kappa shape index (κ2) is 7.04. The molecule has 0 aliphatic carbocycles. The van der Waals surface area contributed by atoms with Crippen molar-refractivity contribution in [3.05, 3.63) is 54.1 Å². The van der Waals surface area contributed by atoms with Crippen molar-refractivity contribution in [1.82, 2.24) is 19.8 Å². The third-order valence-corrected chi connectivity index (χ3v) is 3.35. The smallest absolute Gasteiger partial charge is 0.242 e. The van der Waals surface area contributed by atoms with Crippen LogP contribution in [0.4, 0.5) is 0 Å². The van der Waals surface area contributed by atoms with Crippen LogP contribution in [0.15, 0.2) is 43.0 Å². The molecule has 1 aromatic carbocycles. The second-order valence-corrected chi connectivity index (χ2v) is 5.37. The average molecular weight is 286 g/mol. The van der Waals surface area contributed by atoms with Gasteiger partial charge in [-0.1, -0.05) is 29.8 Å². The number of aromatic nitrogens is 2. The van der Waals surface area contributed by atoms with Crippen LogP contribution in [-0.4, -0.2) is 41.0 Å². The average Bonchev–Trinajstić information content (AvgIpc) is 2.91. The molecule has 112 valence electrons. The van der Waals surface area contributed by atoms with Gasteiger partial charge in [0.15, 0.2) is 0 Å². The lowest BCUT2D eigenvalue weighted by atomic mass is 10.0. The number of imidazole rings is 1. The number of carbonyl (C=O) groups excluding carboxylic acids is 1. The number of benzene rings is 1. The highest BCUT2D eigenvalue weighted by molar-refractivity contribution is 5.83. The SMILES string of the molecule is Cc1cccc([C@H](C(=O)NCCn2ccnc2)N(C)C)c1. The minimum absolute atomic E-state index is 0.0192. The van der Waals surface area contributed by atoms with E-state index in [0.717, 1.165) is 17.7 Å². The van der Waals surface area contributed by atoms with Gasteiger partial charge in [0.2, 0.25) is 5.91 Å². The van der Waals surface area contributed by atoms with Crippen LogP contribution in [0.2, 0.25) is 0 Å². The van der Waals surface area contributed by atoms with Gasteiger partial charge in [-0.15, -0.1) is 0 Å². The summed E-state index contributed by atoms with van der Waals surface area (Å²) in [5, 5.41) is 2.99. The minimum atomic E-state index is -0.271. The van der Waals surface area contributed by atoms with Crippen molar-refractivity contribution in [3.8, 4) is 0 Å². The summed E-state index contributed by atoms with van der Waals surface area (Å²) in [4.78, 5) is 18.4. The van der Waals surface area contributed by atoms with E-state index in [9.17, 15) is 4.79 Å². The second-order valence-electron chi connectivity index (χ2n) is 5.37. The maximum absolute atomic E-state index is 12.4. The summed E-state index contributed by atoms with van der Waals surface area (Å²) in [6.07, 6.45) is 5.36. The molecule has 0 fully saturated rings. The van der Waals surface area contributed by atoms with E-state index in [4.69, 9.17) is 0 Å². The molecule has 0 radical (unpaired) electrons. The molecule has 0 unspecified atom stereocenters. The van der Waals surface area contributed by atoms with Crippen molar-refractivity contribution < 1.29 is 4.79 Å². The fourth-order valence-corrected chi connectivity index (χ4v) is 2.35. The lowest BCUT2D eigenvalue weighted by molar-refractivity contribution is -0.125. The van der Waals surface area contributed by atoms with Crippen molar-refractivity contribution in [2.45, 2.75) is 19.5 Å². The van der Waals surface area contributed by atoms with Gasteiger partial charge in [0.05, 0.1) is 6.33 Å². The summed E-state index contributed by atoms with van der Waals surface area (Å²) in [6.45, 7) is 3.35. The zero-order valence-electron chi connectivity index (χ0n) is 12.8. The highest BCUT2D eigenvalue weighted by atomic mass is 16.2. The molecule has 0 saturated heterocycles. The van der Waals surface area contributed by atoms with Crippen molar-refractivity contribution in [3.63, 3.8) is 0 Å². The van der Waals surface area contributed by atoms with E-state index in [-0.39, 0.29) is 11.9 Å². The number of nitrogens with one attached hydrogen (secondary N) is 1. The molecule has 2 rings (SSSR count). The van der Waals surface area contributed by atoms with Crippen LogP contribution in [0.3, 0.4) is 0 Å². The molecule has 0 spiro atoms. The van der Waals surface area contributed by atoms with E-state index < -0.39 is 0 Å². The number of amides is 1. The van der Waals surface area contributed by atoms with Crippen molar-refractivity contribution >= 4 is 5.91 Å². The summed E-state index contributed by atoms with van der Waals surface area (Å²) in [5.41, 5.74) is 2.17. The number of rotatable bonds is 6. The Labute approximate surface area is 125 Å². The highest BCUT2D eigenvalue weighted by Crippen LogP contribution is 2.19. The molecule has 1 N–H and O–H groups in total. The first kappa shape index (κ1) is 15.3. The maximum Gasteiger partial charge on any atom is 0.242 e. The van der Waals surface area contributed by atoms with Crippen molar-refractivity contribution in [2.24, 2.45) is 0 Å². The molecule has 0 bridgehead atoms. The van der Waals surface area contributed by atoms with Gasteiger partial charge in [-0.3, -0.25) is 9.69 Å². The predicted molar refractivity (Wildman–Crippen MR) is 82.8 cm³/mol. The Morgan fingerprint density at radius 1 is 1.43 bits per heavy atom. The molecule has 1 heterocycles. The highest BCUT2D eigenvalue weighted by Gasteiger charge is 2.22. The predicted octanol–water partition coefficient (Wildman–Crippen LogP) is 1.61. The Hall–Kier alpha value is -2.14. The number of hydrogen-bond donors (Lipinski definition) is 1. The molecule has 1 aromatic heterocycles. The van der Waals surface area contributed by atoms with Crippen molar-refractivity contribution in [1.29, 1.82) is 0 Å². The molecule has 21 heavy (non-hydrogen) atoms. The van der Waals surface area contributed by atoms with Gasteiger partial charge in [-0.2, -0.15) is 0 Å². The molecule has 5 nitrogen and oxygen atoms in total.